The molecule has 1 aliphatic carbocycles. The average molecular weight is 176 g/mol. The van der Waals surface area contributed by atoms with Gasteiger partial charge in [-0.3, -0.25) is 0 Å². The summed E-state index contributed by atoms with van der Waals surface area (Å²) in [5.74, 6) is 0. The zero-order valence-corrected chi connectivity index (χ0v) is 6.89. The molecule has 0 atom stereocenters. The maximum absolute atomic E-state index is 5.60. The molecule has 0 aliphatic heterocycles. The molecule has 42 valence electrons. The van der Waals surface area contributed by atoms with Gasteiger partial charge >= 0.3 is 6.00 Å². The van der Waals surface area contributed by atoms with E-state index < -0.39 is 6.00 Å². The van der Waals surface area contributed by atoms with Crippen molar-refractivity contribution in [2.45, 2.75) is 18.4 Å². The third-order valence-electron chi connectivity index (χ3n) is 1.04. The van der Waals surface area contributed by atoms with E-state index in [2.05, 4.69) is 0 Å². The van der Waals surface area contributed by atoms with Gasteiger partial charge < -0.3 is 0 Å². The Balaban J connectivity index is 2.36. The summed E-state index contributed by atoms with van der Waals surface area (Å²) >= 11 is 16.8. The molecule has 1 rings (SSSR count). The highest BCUT2D eigenvalue weighted by molar-refractivity contribution is 7.65. The first-order valence-electron chi connectivity index (χ1n) is 2.17. The van der Waals surface area contributed by atoms with Crippen LogP contribution in [0.1, 0.15) is 12.8 Å². The molecule has 0 nitrogen and oxygen atoms in total. The molecule has 0 heterocycles. The quantitative estimate of drug-likeness (QED) is 0.425. The van der Waals surface area contributed by atoms with E-state index in [0.29, 0.717) is 5.54 Å². The highest BCUT2D eigenvalue weighted by Crippen LogP contribution is 2.51. The molecule has 0 N–H and O–H groups in total. The van der Waals surface area contributed by atoms with Gasteiger partial charge in [0.05, 0.1) is 0 Å². The Hall–Kier alpha value is 1.09. The first-order valence-corrected chi connectivity index (χ1v) is 7.29. The molecule has 0 aromatic rings. The van der Waals surface area contributed by atoms with E-state index in [0.717, 1.165) is 12.8 Å². The van der Waals surface area contributed by atoms with Crippen molar-refractivity contribution in [3.63, 3.8) is 0 Å². The smallest absolute Gasteiger partial charge is 0.126 e. The van der Waals surface area contributed by atoms with Gasteiger partial charge in [0.25, 0.3) is 0 Å². The normalized spacial score (nSPS) is 22.7. The fourth-order valence-electron chi connectivity index (χ4n) is 0.411. The molecule has 0 aromatic carbocycles. The topological polar surface area (TPSA) is 0 Å². The van der Waals surface area contributed by atoms with Crippen molar-refractivity contribution in [2.75, 3.05) is 0 Å². The minimum Gasteiger partial charge on any atom is -0.126 e. The summed E-state index contributed by atoms with van der Waals surface area (Å²) in [5.41, 5.74) is 0.484. The average Bonchev–Trinajstić information content (AvgIpc) is 1.99. The van der Waals surface area contributed by atoms with Gasteiger partial charge in [0.1, 0.15) is 0 Å². The third kappa shape index (κ3) is 1.80. The minimum atomic E-state index is -2.21. The maximum Gasteiger partial charge on any atom is 0.344 e. The molecule has 0 aromatic heterocycles. The molecule has 1 aliphatic rings. The molecule has 1 fully saturated rings. The van der Waals surface area contributed by atoms with Crippen LogP contribution in [-0.4, -0.2) is 6.00 Å². The summed E-state index contributed by atoms with van der Waals surface area (Å²) in [4.78, 5) is 0. The Morgan fingerprint density at radius 3 is 1.57 bits per heavy atom. The van der Waals surface area contributed by atoms with Crippen molar-refractivity contribution in [2.24, 2.45) is 0 Å². The Labute approximate surface area is 57.9 Å². The number of hydrogen-bond acceptors (Lipinski definition) is 0. The fourth-order valence-corrected chi connectivity index (χ4v) is 3.20. The van der Waals surface area contributed by atoms with Crippen molar-refractivity contribution in [3.05, 3.63) is 0 Å². The molecule has 1 saturated carbocycles. The van der Waals surface area contributed by atoms with Crippen LogP contribution in [0, 0.1) is 0 Å². The van der Waals surface area contributed by atoms with Crippen LogP contribution in [0.4, 0.5) is 0 Å². The van der Waals surface area contributed by atoms with Gasteiger partial charge in [-0.05, 0) is 18.4 Å². The Kier molecular flexibility index (Phi) is 1.59. The van der Waals surface area contributed by atoms with Crippen molar-refractivity contribution >= 4 is 39.2 Å². The van der Waals surface area contributed by atoms with Crippen LogP contribution in [0.25, 0.3) is 0 Å². The second-order valence-corrected chi connectivity index (χ2v) is 10.8. The first kappa shape index (κ1) is 6.21. The van der Waals surface area contributed by atoms with Crippen LogP contribution in [0.15, 0.2) is 0 Å². The molecule has 7 heavy (non-hydrogen) atoms. The Morgan fingerprint density at radius 2 is 1.57 bits per heavy atom. The van der Waals surface area contributed by atoms with Crippen LogP contribution in [0.3, 0.4) is 0 Å². The lowest BCUT2D eigenvalue weighted by molar-refractivity contribution is 1.45. The third-order valence-corrected chi connectivity index (χ3v) is 5.32. The number of hydrogen-bond donors (Lipinski definition) is 0. The van der Waals surface area contributed by atoms with E-state index in [-0.39, 0.29) is 0 Å². The predicted molar refractivity (Wildman–Crippen MR) is 36.3 cm³/mol. The monoisotopic (exact) mass is 174 g/mol. The van der Waals surface area contributed by atoms with Gasteiger partial charge in [0, 0.05) is 0 Å². The maximum atomic E-state index is 5.60. The van der Waals surface area contributed by atoms with E-state index in [1.807, 2.05) is 0 Å². The van der Waals surface area contributed by atoms with E-state index in [1.165, 1.54) is 0 Å². The molecular formula is C3H5Cl3Si. The minimum absolute atomic E-state index is 0.484. The fraction of sp³-hybridized carbons (Fsp3) is 1.00. The van der Waals surface area contributed by atoms with Crippen molar-refractivity contribution in [1.82, 2.24) is 0 Å². The Bertz CT molecular complexity index is 72.7. The van der Waals surface area contributed by atoms with Crippen molar-refractivity contribution in [3.8, 4) is 0 Å². The van der Waals surface area contributed by atoms with Gasteiger partial charge in [-0.1, -0.05) is 0 Å². The lowest BCUT2D eigenvalue weighted by Gasteiger charge is -2.01. The van der Waals surface area contributed by atoms with E-state index in [9.17, 15) is 0 Å². The van der Waals surface area contributed by atoms with Crippen LogP contribution in [-0.2, 0) is 0 Å². The van der Waals surface area contributed by atoms with E-state index >= 15 is 0 Å². The van der Waals surface area contributed by atoms with Gasteiger partial charge in [-0.25, -0.2) is 0 Å². The first-order chi connectivity index (χ1) is 3.11. The predicted octanol–water partition coefficient (Wildman–Crippen LogP) is 2.81. The molecule has 4 heteroatoms. The standard InChI is InChI=1S/C3H5Cl3Si/c4-7(5,6)3-1-2-3/h3H,1-2H2. The van der Waals surface area contributed by atoms with E-state index in [4.69, 9.17) is 33.2 Å². The molecule has 0 saturated heterocycles. The van der Waals surface area contributed by atoms with Crippen LogP contribution < -0.4 is 0 Å². The van der Waals surface area contributed by atoms with Gasteiger partial charge in [0.2, 0.25) is 0 Å². The van der Waals surface area contributed by atoms with Crippen molar-refractivity contribution in [1.29, 1.82) is 0 Å². The summed E-state index contributed by atoms with van der Waals surface area (Å²) < 4.78 is 0. The van der Waals surface area contributed by atoms with Crippen LogP contribution >= 0.6 is 33.2 Å². The summed E-state index contributed by atoms with van der Waals surface area (Å²) in [7, 11) is 0. The molecule has 0 bridgehead atoms. The molecular weight excluding hydrogens is 170 g/mol. The second-order valence-electron chi connectivity index (χ2n) is 1.82. The van der Waals surface area contributed by atoms with Crippen molar-refractivity contribution < 1.29 is 0 Å². The van der Waals surface area contributed by atoms with Gasteiger partial charge in [-0.2, -0.15) is 0 Å². The second kappa shape index (κ2) is 1.80. The highest BCUT2D eigenvalue weighted by Gasteiger charge is 2.44. The molecule has 0 spiro atoms. The Morgan fingerprint density at radius 1 is 1.14 bits per heavy atom. The van der Waals surface area contributed by atoms with Crippen LogP contribution in [0.2, 0.25) is 5.54 Å². The van der Waals surface area contributed by atoms with Gasteiger partial charge in [-0.15, -0.1) is 33.2 Å². The zero-order chi connectivity index (χ0) is 5.49. The number of rotatable bonds is 1. The van der Waals surface area contributed by atoms with Gasteiger partial charge in [0.15, 0.2) is 0 Å². The summed E-state index contributed by atoms with van der Waals surface area (Å²) in [6, 6.07) is -2.21. The van der Waals surface area contributed by atoms with E-state index in [1.54, 1.807) is 0 Å². The molecule has 0 unspecified atom stereocenters. The summed E-state index contributed by atoms with van der Waals surface area (Å²) in [5, 5.41) is 0. The lowest BCUT2D eigenvalue weighted by atomic mass is 11.0. The summed E-state index contributed by atoms with van der Waals surface area (Å²) in [6.45, 7) is 0. The SMILES string of the molecule is Cl[Si](Cl)(Cl)C1CC1. The highest BCUT2D eigenvalue weighted by atomic mass is 35.8. The van der Waals surface area contributed by atoms with Crippen LogP contribution in [0.5, 0.6) is 0 Å². The molecule has 0 amide bonds. The molecule has 0 radical (unpaired) electrons. The number of halogens is 3. The summed E-state index contributed by atoms with van der Waals surface area (Å²) in [6.07, 6.45) is 2.28. The lowest BCUT2D eigenvalue weighted by Crippen LogP contribution is -2.07. The largest absolute Gasteiger partial charge is 0.344 e. The zero-order valence-electron chi connectivity index (χ0n) is 3.63.